The highest BCUT2D eigenvalue weighted by Crippen LogP contribution is 2.16. The largest absolute Gasteiger partial charge is 0.351 e. The normalized spacial score (nSPS) is 19.0. The molecule has 0 aliphatic carbocycles. The number of terminal acetylenes is 1. The van der Waals surface area contributed by atoms with Crippen molar-refractivity contribution in [3.63, 3.8) is 0 Å². The maximum absolute atomic E-state index is 12.4. The number of nitrogens with zero attached hydrogens (tertiary/aromatic N) is 1. The van der Waals surface area contributed by atoms with Crippen LogP contribution in [0.2, 0.25) is 0 Å². The van der Waals surface area contributed by atoms with Crippen molar-refractivity contribution in [2.75, 3.05) is 26.2 Å². The van der Waals surface area contributed by atoms with E-state index in [1.54, 1.807) is 0 Å². The van der Waals surface area contributed by atoms with Crippen LogP contribution in [-0.2, 0) is 4.79 Å². The van der Waals surface area contributed by atoms with E-state index >= 15 is 0 Å². The van der Waals surface area contributed by atoms with E-state index in [1.807, 2.05) is 20.8 Å². The molecule has 1 atom stereocenters. The summed E-state index contributed by atoms with van der Waals surface area (Å²) in [6.07, 6.45) is 6.78. The Kier molecular flexibility index (Phi) is 5.64. The van der Waals surface area contributed by atoms with Gasteiger partial charge in [0.25, 0.3) is 0 Å². The lowest BCUT2D eigenvalue weighted by Gasteiger charge is -2.40. The molecule has 1 fully saturated rings. The fraction of sp³-hybridized carbons (Fsp3) is 0.786. The fourth-order valence-electron chi connectivity index (χ4n) is 2.17. The number of amides is 1. The number of nitrogens with one attached hydrogen (secondary N) is 2. The number of rotatable bonds is 5. The monoisotopic (exact) mass is 251 g/mol. The van der Waals surface area contributed by atoms with E-state index < -0.39 is 5.54 Å². The molecule has 1 saturated heterocycles. The predicted octanol–water partition coefficient (Wildman–Crippen LogP) is 0.588. The lowest BCUT2D eigenvalue weighted by molar-refractivity contribution is -0.132. The first-order valence-electron chi connectivity index (χ1n) is 6.72. The average Bonchev–Trinajstić information content (AvgIpc) is 2.39. The first kappa shape index (κ1) is 15.0. The highest BCUT2D eigenvalue weighted by Gasteiger charge is 2.35. The van der Waals surface area contributed by atoms with Crippen LogP contribution < -0.4 is 10.6 Å². The summed E-state index contributed by atoms with van der Waals surface area (Å²) in [6, 6.07) is 0.0877. The van der Waals surface area contributed by atoms with Gasteiger partial charge >= 0.3 is 0 Å². The maximum Gasteiger partial charge on any atom is 0.240 e. The van der Waals surface area contributed by atoms with Crippen LogP contribution in [0.5, 0.6) is 0 Å². The van der Waals surface area contributed by atoms with Gasteiger partial charge in [-0.15, -0.1) is 12.3 Å². The van der Waals surface area contributed by atoms with Crippen LogP contribution in [0.1, 0.15) is 33.6 Å². The maximum atomic E-state index is 12.4. The van der Waals surface area contributed by atoms with Crippen LogP contribution in [-0.4, -0.2) is 48.6 Å². The summed E-state index contributed by atoms with van der Waals surface area (Å²) in [6.45, 7) is 9.71. The van der Waals surface area contributed by atoms with Crippen molar-refractivity contribution in [1.82, 2.24) is 15.5 Å². The zero-order valence-corrected chi connectivity index (χ0v) is 11.8. The first-order chi connectivity index (χ1) is 8.52. The van der Waals surface area contributed by atoms with Crippen molar-refractivity contribution < 1.29 is 4.79 Å². The summed E-state index contributed by atoms with van der Waals surface area (Å²) >= 11 is 0. The lowest BCUT2D eigenvalue weighted by Crippen LogP contribution is -2.61. The second kappa shape index (κ2) is 6.77. The summed E-state index contributed by atoms with van der Waals surface area (Å²) in [5.41, 5.74) is -0.468. The standard InChI is InChI=1S/C14H25N3O/c1-5-7-12(6-2)16-13(18)14(3,4)17-10-8-15-9-11-17/h1,12,15H,6-11H2,2-4H3,(H,16,18). The van der Waals surface area contributed by atoms with Gasteiger partial charge in [-0.3, -0.25) is 9.69 Å². The average molecular weight is 251 g/mol. The summed E-state index contributed by atoms with van der Waals surface area (Å²) in [5, 5.41) is 6.36. The van der Waals surface area contributed by atoms with Crippen LogP contribution in [0.3, 0.4) is 0 Å². The Morgan fingerprint density at radius 2 is 2.11 bits per heavy atom. The molecule has 1 unspecified atom stereocenters. The van der Waals surface area contributed by atoms with Gasteiger partial charge in [0.05, 0.1) is 5.54 Å². The van der Waals surface area contributed by atoms with E-state index in [-0.39, 0.29) is 11.9 Å². The molecule has 0 bridgehead atoms. The van der Waals surface area contributed by atoms with Crippen molar-refractivity contribution in [1.29, 1.82) is 0 Å². The van der Waals surface area contributed by atoms with E-state index in [1.165, 1.54) is 0 Å². The van der Waals surface area contributed by atoms with Gasteiger partial charge in [0.1, 0.15) is 0 Å². The topological polar surface area (TPSA) is 44.4 Å². The Balaban J connectivity index is 2.60. The van der Waals surface area contributed by atoms with Gasteiger partial charge in [-0.2, -0.15) is 0 Å². The van der Waals surface area contributed by atoms with Crippen molar-refractivity contribution in [3.05, 3.63) is 0 Å². The minimum atomic E-state index is -0.468. The summed E-state index contributed by atoms with van der Waals surface area (Å²) in [4.78, 5) is 14.6. The molecule has 0 aromatic heterocycles. The molecule has 1 rings (SSSR count). The third-order valence-electron chi connectivity index (χ3n) is 3.66. The summed E-state index contributed by atoms with van der Waals surface area (Å²) in [5.74, 6) is 2.69. The van der Waals surface area contributed by atoms with Crippen molar-refractivity contribution in [2.24, 2.45) is 0 Å². The van der Waals surface area contributed by atoms with Crippen molar-refractivity contribution in [3.8, 4) is 12.3 Å². The van der Waals surface area contributed by atoms with Crippen LogP contribution in [0.4, 0.5) is 0 Å². The highest BCUT2D eigenvalue weighted by atomic mass is 16.2. The number of hydrogen-bond donors (Lipinski definition) is 2. The van der Waals surface area contributed by atoms with Crippen LogP contribution in [0.15, 0.2) is 0 Å². The fourth-order valence-corrected chi connectivity index (χ4v) is 2.17. The zero-order chi connectivity index (χ0) is 13.6. The minimum Gasteiger partial charge on any atom is -0.351 e. The molecule has 0 radical (unpaired) electrons. The highest BCUT2D eigenvalue weighted by molar-refractivity contribution is 5.85. The molecular formula is C14H25N3O. The molecule has 0 saturated carbocycles. The van der Waals surface area contributed by atoms with Crippen molar-refractivity contribution in [2.45, 2.75) is 45.2 Å². The molecule has 0 aromatic rings. The number of hydrogen-bond acceptors (Lipinski definition) is 3. The molecule has 1 aliphatic heterocycles. The van der Waals surface area contributed by atoms with E-state index in [0.29, 0.717) is 6.42 Å². The first-order valence-corrected chi connectivity index (χ1v) is 6.72. The van der Waals surface area contributed by atoms with E-state index in [2.05, 4.69) is 21.5 Å². The SMILES string of the molecule is C#CCC(CC)NC(=O)C(C)(C)N1CCNCC1. The molecule has 1 aliphatic rings. The van der Waals surface area contributed by atoms with Gasteiger partial charge in [-0.25, -0.2) is 0 Å². The third kappa shape index (κ3) is 3.72. The molecule has 102 valence electrons. The molecule has 1 heterocycles. The molecule has 4 heteroatoms. The Morgan fingerprint density at radius 3 is 2.61 bits per heavy atom. The molecule has 1 amide bonds. The summed E-state index contributed by atoms with van der Waals surface area (Å²) in [7, 11) is 0. The minimum absolute atomic E-state index is 0.0755. The van der Waals surface area contributed by atoms with Gasteiger partial charge < -0.3 is 10.6 Å². The van der Waals surface area contributed by atoms with Gasteiger partial charge in [-0.1, -0.05) is 6.92 Å². The Hall–Kier alpha value is -1.05. The zero-order valence-electron chi connectivity index (χ0n) is 11.8. The van der Waals surface area contributed by atoms with Gasteiger partial charge in [-0.05, 0) is 20.3 Å². The molecule has 4 nitrogen and oxygen atoms in total. The third-order valence-corrected chi connectivity index (χ3v) is 3.66. The lowest BCUT2D eigenvalue weighted by atomic mass is 9.99. The Labute approximate surface area is 110 Å². The summed E-state index contributed by atoms with van der Waals surface area (Å²) < 4.78 is 0. The molecule has 0 spiro atoms. The number of piperazine rings is 1. The van der Waals surface area contributed by atoms with Gasteiger partial charge in [0, 0.05) is 38.6 Å². The second-order valence-corrected chi connectivity index (χ2v) is 5.28. The number of carbonyl (C=O) groups excluding carboxylic acids is 1. The van der Waals surface area contributed by atoms with E-state index in [0.717, 1.165) is 32.6 Å². The smallest absolute Gasteiger partial charge is 0.240 e. The second-order valence-electron chi connectivity index (χ2n) is 5.28. The van der Waals surface area contributed by atoms with Crippen LogP contribution in [0.25, 0.3) is 0 Å². The van der Waals surface area contributed by atoms with Crippen LogP contribution in [0, 0.1) is 12.3 Å². The Bertz CT molecular complexity index is 313. The predicted molar refractivity (Wildman–Crippen MR) is 74.2 cm³/mol. The number of carbonyl (C=O) groups is 1. The van der Waals surface area contributed by atoms with E-state index in [9.17, 15) is 4.79 Å². The van der Waals surface area contributed by atoms with E-state index in [4.69, 9.17) is 6.42 Å². The molecule has 18 heavy (non-hydrogen) atoms. The molecular weight excluding hydrogens is 226 g/mol. The quantitative estimate of drug-likeness (QED) is 0.703. The molecule has 2 N–H and O–H groups in total. The van der Waals surface area contributed by atoms with Gasteiger partial charge in [0.2, 0.25) is 5.91 Å². The molecule has 0 aromatic carbocycles. The van der Waals surface area contributed by atoms with Gasteiger partial charge in [0.15, 0.2) is 0 Å². The van der Waals surface area contributed by atoms with Crippen LogP contribution >= 0.6 is 0 Å². The Morgan fingerprint density at radius 1 is 1.50 bits per heavy atom. The van der Waals surface area contributed by atoms with Crippen molar-refractivity contribution >= 4 is 5.91 Å².